The zero-order valence-electron chi connectivity index (χ0n) is 10.9. The van der Waals surface area contributed by atoms with E-state index in [1.54, 1.807) is 36.4 Å². The lowest BCUT2D eigenvalue weighted by atomic mass is 10.2. The second-order valence-electron chi connectivity index (χ2n) is 4.20. The molecular formula is C16H11Cl3O2. The Kier molecular flexibility index (Phi) is 5.68. The molecule has 0 unspecified atom stereocenters. The van der Waals surface area contributed by atoms with E-state index in [-0.39, 0.29) is 6.61 Å². The van der Waals surface area contributed by atoms with Gasteiger partial charge in [0.05, 0.1) is 0 Å². The molecule has 2 nitrogen and oxygen atoms in total. The van der Waals surface area contributed by atoms with Gasteiger partial charge in [0.25, 0.3) is 0 Å². The first-order valence-corrected chi connectivity index (χ1v) is 7.23. The van der Waals surface area contributed by atoms with Gasteiger partial charge in [0.2, 0.25) is 0 Å². The van der Waals surface area contributed by atoms with Gasteiger partial charge in [-0.15, -0.1) is 0 Å². The minimum absolute atomic E-state index is 0.122. The molecule has 0 amide bonds. The van der Waals surface area contributed by atoms with E-state index in [4.69, 9.17) is 39.5 Å². The van der Waals surface area contributed by atoms with Crippen molar-refractivity contribution < 1.29 is 9.53 Å². The summed E-state index contributed by atoms with van der Waals surface area (Å²) in [7, 11) is 0. The number of carbonyl (C=O) groups excluding carboxylic acids is 1. The van der Waals surface area contributed by atoms with Crippen molar-refractivity contribution in [2.75, 3.05) is 0 Å². The summed E-state index contributed by atoms with van der Waals surface area (Å²) in [5, 5.41) is 1.58. The smallest absolute Gasteiger partial charge is 0.331 e. The second-order valence-corrected chi connectivity index (χ2v) is 5.45. The van der Waals surface area contributed by atoms with Gasteiger partial charge in [-0.05, 0) is 29.8 Å². The van der Waals surface area contributed by atoms with Crippen LogP contribution in [0.5, 0.6) is 0 Å². The molecule has 0 heterocycles. The van der Waals surface area contributed by atoms with E-state index < -0.39 is 5.97 Å². The fraction of sp³-hybridized carbons (Fsp3) is 0.0625. The Hall–Kier alpha value is -1.48. The van der Waals surface area contributed by atoms with E-state index in [0.29, 0.717) is 20.6 Å². The molecule has 5 heteroatoms. The van der Waals surface area contributed by atoms with E-state index >= 15 is 0 Å². The number of hydrogen-bond donors (Lipinski definition) is 0. The first-order chi connectivity index (χ1) is 10.1. The third kappa shape index (κ3) is 4.78. The second kappa shape index (κ2) is 7.51. The Balaban J connectivity index is 1.95. The third-order valence-corrected chi connectivity index (χ3v) is 3.62. The Bertz CT molecular complexity index is 681. The van der Waals surface area contributed by atoms with Crippen LogP contribution in [0.3, 0.4) is 0 Å². The number of halogens is 3. The molecule has 21 heavy (non-hydrogen) atoms. The fourth-order valence-corrected chi connectivity index (χ4v) is 2.27. The van der Waals surface area contributed by atoms with Crippen molar-refractivity contribution in [2.45, 2.75) is 6.61 Å². The quantitative estimate of drug-likeness (QED) is 0.549. The largest absolute Gasteiger partial charge is 0.458 e. The van der Waals surface area contributed by atoms with E-state index in [1.807, 2.05) is 12.1 Å². The molecule has 0 spiro atoms. The number of hydrogen-bond acceptors (Lipinski definition) is 2. The lowest BCUT2D eigenvalue weighted by Gasteiger charge is -2.04. The first kappa shape index (κ1) is 15.9. The minimum Gasteiger partial charge on any atom is -0.458 e. The molecule has 0 aliphatic heterocycles. The van der Waals surface area contributed by atoms with Gasteiger partial charge in [0.1, 0.15) is 6.61 Å². The minimum atomic E-state index is -0.471. The van der Waals surface area contributed by atoms with Crippen LogP contribution in [0.4, 0.5) is 0 Å². The molecule has 2 rings (SSSR count). The Labute approximate surface area is 137 Å². The maximum Gasteiger partial charge on any atom is 0.331 e. The zero-order chi connectivity index (χ0) is 15.2. The number of esters is 1. The van der Waals surface area contributed by atoms with Crippen molar-refractivity contribution in [1.29, 1.82) is 0 Å². The van der Waals surface area contributed by atoms with Crippen molar-refractivity contribution in [3.63, 3.8) is 0 Å². The summed E-state index contributed by atoms with van der Waals surface area (Å²) in [5.74, 6) is -0.471. The molecule has 2 aromatic carbocycles. The van der Waals surface area contributed by atoms with Crippen LogP contribution in [0.2, 0.25) is 15.1 Å². The molecule has 0 aromatic heterocycles. The number of rotatable bonds is 4. The van der Waals surface area contributed by atoms with Gasteiger partial charge in [-0.25, -0.2) is 4.79 Å². The average Bonchev–Trinajstić information content (AvgIpc) is 2.45. The molecule has 0 saturated carbocycles. The average molecular weight is 342 g/mol. The molecule has 0 aliphatic carbocycles. The summed E-state index contributed by atoms with van der Waals surface area (Å²) in [5.41, 5.74) is 1.45. The molecule has 0 bridgehead atoms. The van der Waals surface area contributed by atoms with E-state index in [9.17, 15) is 4.79 Å². The molecule has 0 radical (unpaired) electrons. The monoisotopic (exact) mass is 340 g/mol. The first-order valence-electron chi connectivity index (χ1n) is 6.09. The van der Waals surface area contributed by atoms with Gasteiger partial charge in [0, 0.05) is 26.7 Å². The molecule has 0 fully saturated rings. The van der Waals surface area contributed by atoms with Crippen molar-refractivity contribution in [3.8, 4) is 0 Å². The maximum atomic E-state index is 11.7. The van der Waals surface area contributed by atoms with Gasteiger partial charge >= 0.3 is 5.97 Å². The lowest BCUT2D eigenvalue weighted by Crippen LogP contribution is -2.01. The van der Waals surface area contributed by atoms with Crippen LogP contribution in [0.1, 0.15) is 11.1 Å². The maximum absolute atomic E-state index is 11.7. The fourth-order valence-electron chi connectivity index (χ4n) is 1.61. The Morgan fingerprint density at radius 3 is 2.52 bits per heavy atom. The highest BCUT2D eigenvalue weighted by molar-refractivity contribution is 6.35. The van der Waals surface area contributed by atoms with E-state index in [1.165, 1.54) is 6.08 Å². The Morgan fingerprint density at radius 2 is 1.81 bits per heavy atom. The highest BCUT2D eigenvalue weighted by Crippen LogP contribution is 2.22. The third-order valence-electron chi connectivity index (χ3n) is 2.69. The van der Waals surface area contributed by atoms with Crippen molar-refractivity contribution >= 4 is 46.8 Å². The summed E-state index contributed by atoms with van der Waals surface area (Å²) in [6.45, 7) is 0.122. The van der Waals surface area contributed by atoms with Gasteiger partial charge in [-0.1, -0.05) is 59.1 Å². The predicted octanol–water partition coefficient (Wildman–Crippen LogP) is 5.40. The summed E-state index contributed by atoms with van der Waals surface area (Å²) in [4.78, 5) is 11.7. The zero-order valence-corrected chi connectivity index (χ0v) is 13.1. The van der Waals surface area contributed by atoms with Crippen molar-refractivity contribution in [3.05, 3.63) is 74.7 Å². The lowest BCUT2D eigenvalue weighted by molar-refractivity contribution is -0.138. The SMILES string of the molecule is O=C(/C=C/c1ccc(Cl)cc1Cl)OCc1ccccc1Cl. The van der Waals surface area contributed by atoms with Crippen molar-refractivity contribution in [2.24, 2.45) is 0 Å². The molecule has 108 valence electrons. The van der Waals surface area contributed by atoms with Crippen LogP contribution in [0, 0.1) is 0 Å². The topological polar surface area (TPSA) is 26.3 Å². The Morgan fingerprint density at radius 1 is 1.05 bits per heavy atom. The molecule has 2 aromatic rings. The van der Waals surface area contributed by atoms with Crippen LogP contribution >= 0.6 is 34.8 Å². The number of ether oxygens (including phenoxy) is 1. The van der Waals surface area contributed by atoms with E-state index in [0.717, 1.165) is 5.56 Å². The summed E-state index contributed by atoms with van der Waals surface area (Å²) in [6, 6.07) is 12.2. The summed E-state index contributed by atoms with van der Waals surface area (Å²) < 4.78 is 5.11. The molecular weight excluding hydrogens is 331 g/mol. The van der Waals surface area contributed by atoms with Crippen LogP contribution in [-0.4, -0.2) is 5.97 Å². The van der Waals surface area contributed by atoms with Crippen molar-refractivity contribution in [1.82, 2.24) is 0 Å². The van der Waals surface area contributed by atoms with Crippen LogP contribution < -0.4 is 0 Å². The highest BCUT2D eigenvalue weighted by atomic mass is 35.5. The standard InChI is InChI=1S/C16H11Cl3O2/c17-13-7-5-11(15(19)9-13)6-8-16(20)21-10-12-3-1-2-4-14(12)18/h1-9H,10H2/b8-6+. The highest BCUT2D eigenvalue weighted by Gasteiger charge is 2.03. The number of carbonyl (C=O) groups is 1. The van der Waals surface area contributed by atoms with Gasteiger partial charge < -0.3 is 4.74 Å². The summed E-state index contributed by atoms with van der Waals surface area (Å²) >= 11 is 17.8. The van der Waals surface area contributed by atoms with Gasteiger partial charge in [-0.2, -0.15) is 0 Å². The molecule has 0 atom stereocenters. The summed E-state index contributed by atoms with van der Waals surface area (Å²) in [6.07, 6.45) is 2.89. The molecule has 0 aliphatic rings. The van der Waals surface area contributed by atoms with Gasteiger partial charge in [-0.3, -0.25) is 0 Å². The predicted molar refractivity (Wildman–Crippen MR) is 86.7 cm³/mol. The van der Waals surface area contributed by atoms with Gasteiger partial charge in [0.15, 0.2) is 0 Å². The van der Waals surface area contributed by atoms with Crippen LogP contribution in [0.25, 0.3) is 6.08 Å². The normalized spacial score (nSPS) is 10.8. The number of benzene rings is 2. The van der Waals surface area contributed by atoms with Crippen LogP contribution in [0.15, 0.2) is 48.5 Å². The molecule has 0 N–H and O–H groups in total. The molecule has 0 saturated heterocycles. The van der Waals surface area contributed by atoms with E-state index in [2.05, 4.69) is 0 Å². The van der Waals surface area contributed by atoms with Crippen LogP contribution in [-0.2, 0) is 16.1 Å².